The molecule has 6 heteroatoms. The van der Waals surface area contributed by atoms with Gasteiger partial charge in [-0.1, -0.05) is 0 Å². The van der Waals surface area contributed by atoms with Crippen LogP contribution in [0.5, 0.6) is 0 Å². The zero-order valence-corrected chi connectivity index (χ0v) is 10.7. The molecule has 0 saturated heterocycles. The minimum absolute atomic E-state index is 0.183. The number of rotatable bonds is 4. The Morgan fingerprint density at radius 1 is 1.20 bits per heavy atom. The van der Waals surface area contributed by atoms with Crippen LogP contribution in [-0.2, 0) is 4.74 Å². The second-order valence-corrected chi connectivity index (χ2v) is 3.91. The van der Waals surface area contributed by atoms with Gasteiger partial charge in [0.2, 0.25) is 0 Å². The third-order valence-electron chi connectivity index (χ3n) is 2.46. The van der Waals surface area contributed by atoms with Crippen LogP contribution in [-0.4, -0.2) is 17.6 Å². The first-order valence-electron chi connectivity index (χ1n) is 5.95. The molecule has 4 nitrogen and oxygen atoms in total. The number of anilines is 2. The van der Waals surface area contributed by atoms with Crippen LogP contribution < -0.4 is 5.32 Å². The van der Waals surface area contributed by atoms with Crippen LogP contribution in [0, 0.1) is 11.6 Å². The Bertz CT molecular complexity index is 615. The van der Waals surface area contributed by atoms with Gasteiger partial charge in [0.15, 0.2) is 11.6 Å². The molecular formula is C14H12F2N2O2. The summed E-state index contributed by atoms with van der Waals surface area (Å²) in [5.74, 6) is -2.36. The number of hydrogen-bond acceptors (Lipinski definition) is 4. The van der Waals surface area contributed by atoms with Gasteiger partial charge in [-0.15, -0.1) is 0 Å². The molecule has 1 heterocycles. The summed E-state index contributed by atoms with van der Waals surface area (Å²) in [6.45, 7) is 1.98. The number of ether oxygens (including phenoxy) is 1. The Kier molecular flexibility index (Phi) is 4.24. The molecule has 0 radical (unpaired) electrons. The first kappa shape index (κ1) is 13.9. The van der Waals surface area contributed by atoms with Gasteiger partial charge in [0, 0.05) is 11.8 Å². The highest BCUT2D eigenvalue weighted by molar-refractivity contribution is 5.87. The van der Waals surface area contributed by atoms with Crippen LogP contribution in [0.25, 0.3) is 0 Å². The molecule has 1 aromatic heterocycles. The Morgan fingerprint density at radius 3 is 2.55 bits per heavy atom. The number of halogens is 2. The fourth-order valence-corrected chi connectivity index (χ4v) is 1.53. The van der Waals surface area contributed by atoms with Crippen molar-refractivity contribution in [1.29, 1.82) is 0 Å². The second kappa shape index (κ2) is 6.10. The highest BCUT2D eigenvalue weighted by Gasteiger charge is 2.08. The van der Waals surface area contributed by atoms with Crippen molar-refractivity contribution < 1.29 is 18.3 Å². The molecule has 20 heavy (non-hydrogen) atoms. The third-order valence-corrected chi connectivity index (χ3v) is 2.46. The molecule has 0 saturated carbocycles. The Morgan fingerprint density at radius 2 is 1.95 bits per heavy atom. The van der Waals surface area contributed by atoms with Crippen molar-refractivity contribution in [1.82, 2.24) is 4.98 Å². The van der Waals surface area contributed by atoms with E-state index in [1.54, 1.807) is 13.0 Å². The van der Waals surface area contributed by atoms with Gasteiger partial charge in [0.05, 0.1) is 18.5 Å². The molecule has 0 aliphatic rings. The fourth-order valence-electron chi connectivity index (χ4n) is 1.53. The zero-order valence-electron chi connectivity index (χ0n) is 10.7. The molecule has 0 bridgehead atoms. The number of hydrogen-bond donors (Lipinski definition) is 1. The summed E-state index contributed by atoms with van der Waals surface area (Å²) < 4.78 is 30.6. The normalized spacial score (nSPS) is 10.2. The maximum atomic E-state index is 13.0. The largest absolute Gasteiger partial charge is 0.461 e. The van der Waals surface area contributed by atoms with Crippen LogP contribution >= 0.6 is 0 Å². The van der Waals surface area contributed by atoms with E-state index in [4.69, 9.17) is 4.74 Å². The Labute approximate surface area is 114 Å². The summed E-state index contributed by atoms with van der Waals surface area (Å²) in [4.78, 5) is 15.3. The van der Waals surface area contributed by atoms with Crippen LogP contribution in [0.2, 0.25) is 0 Å². The quantitative estimate of drug-likeness (QED) is 0.872. The van der Waals surface area contributed by atoms with E-state index in [1.807, 2.05) is 0 Å². The number of esters is 1. The molecule has 0 aliphatic heterocycles. The van der Waals surface area contributed by atoms with Crippen LogP contribution in [0.1, 0.15) is 17.4 Å². The van der Waals surface area contributed by atoms with Gasteiger partial charge in [-0.05, 0) is 31.2 Å². The van der Waals surface area contributed by atoms with Crippen molar-refractivity contribution in [2.45, 2.75) is 6.92 Å². The van der Waals surface area contributed by atoms with E-state index in [0.29, 0.717) is 11.4 Å². The minimum atomic E-state index is -0.939. The third kappa shape index (κ3) is 3.28. The summed E-state index contributed by atoms with van der Waals surface area (Å²) in [6, 6.07) is 6.55. The number of carbonyl (C=O) groups is 1. The predicted octanol–water partition coefficient (Wildman–Crippen LogP) is 3.28. The van der Waals surface area contributed by atoms with E-state index in [2.05, 4.69) is 10.3 Å². The lowest BCUT2D eigenvalue weighted by atomic mass is 10.2. The van der Waals surface area contributed by atoms with Crippen molar-refractivity contribution in [2.24, 2.45) is 0 Å². The lowest BCUT2D eigenvalue weighted by Crippen LogP contribution is -2.06. The predicted molar refractivity (Wildman–Crippen MR) is 69.8 cm³/mol. The summed E-state index contributed by atoms with van der Waals surface area (Å²) >= 11 is 0. The maximum Gasteiger partial charge on any atom is 0.356 e. The molecule has 2 aromatic rings. The van der Waals surface area contributed by atoms with Gasteiger partial charge in [-0.3, -0.25) is 0 Å². The van der Waals surface area contributed by atoms with E-state index in [1.165, 1.54) is 18.3 Å². The lowest BCUT2D eigenvalue weighted by Gasteiger charge is -2.07. The Balaban J connectivity index is 2.10. The van der Waals surface area contributed by atoms with Crippen molar-refractivity contribution >= 4 is 17.3 Å². The summed E-state index contributed by atoms with van der Waals surface area (Å²) in [7, 11) is 0. The smallest absolute Gasteiger partial charge is 0.356 e. The minimum Gasteiger partial charge on any atom is -0.461 e. The summed E-state index contributed by atoms with van der Waals surface area (Å²) in [6.07, 6.45) is 1.41. The monoisotopic (exact) mass is 278 g/mol. The van der Waals surface area contributed by atoms with Crippen LogP contribution in [0.4, 0.5) is 20.2 Å². The van der Waals surface area contributed by atoms with E-state index < -0.39 is 17.6 Å². The van der Waals surface area contributed by atoms with Crippen molar-refractivity contribution in [3.05, 3.63) is 53.9 Å². The highest BCUT2D eigenvalue weighted by Crippen LogP contribution is 2.18. The average molecular weight is 278 g/mol. The van der Waals surface area contributed by atoms with Crippen LogP contribution in [0.3, 0.4) is 0 Å². The standard InChI is InChI=1S/C14H12F2N2O2/c1-2-20-14(19)13-6-4-10(8-17-13)18-9-3-5-11(15)12(16)7-9/h3-8,18H,2H2,1H3. The van der Waals surface area contributed by atoms with Gasteiger partial charge < -0.3 is 10.1 Å². The molecule has 2 rings (SSSR count). The molecule has 0 fully saturated rings. The first-order chi connectivity index (χ1) is 9.60. The highest BCUT2D eigenvalue weighted by atomic mass is 19.2. The summed E-state index contributed by atoms with van der Waals surface area (Å²) in [5, 5.41) is 2.85. The van der Waals surface area contributed by atoms with Gasteiger partial charge in [0.1, 0.15) is 5.69 Å². The molecular weight excluding hydrogens is 266 g/mol. The zero-order chi connectivity index (χ0) is 14.5. The molecule has 0 spiro atoms. The Hall–Kier alpha value is -2.50. The molecule has 1 N–H and O–H groups in total. The van der Waals surface area contributed by atoms with Crippen molar-refractivity contribution in [3.63, 3.8) is 0 Å². The number of aromatic nitrogens is 1. The van der Waals surface area contributed by atoms with Gasteiger partial charge >= 0.3 is 5.97 Å². The SMILES string of the molecule is CCOC(=O)c1ccc(Nc2ccc(F)c(F)c2)cn1. The topological polar surface area (TPSA) is 51.2 Å². The molecule has 0 amide bonds. The van der Waals surface area contributed by atoms with E-state index >= 15 is 0 Å². The van der Waals surface area contributed by atoms with Crippen molar-refractivity contribution in [3.8, 4) is 0 Å². The van der Waals surface area contributed by atoms with E-state index in [-0.39, 0.29) is 12.3 Å². The number of nitrogens with one attached hydrogen (secondary N) is 1. The first-order valence-corrected chi connectivity index (χ1v) is 5.95. The average Bonchev–Trinajstić information content (AvgIpc) is 2.44. The molecule has 0 aliphatic carbocycles. The maximum absolute atomic E-state index is 13.0. The van der Waals surface area contributed by atoms with E-state index in [0.717, 1.165) is 12.1 Å². The van der Waals surface area contributed by atoms with Gasteiger partial charge in [-0.2, -0.15) is 0 Å². The van der Waals surface area contributed by atoms with Gasteiger partial charge in [-0.25, -0.2) is 18.6 Å². The second-order valence-electron chi connectivity index (χ2n) is 3.91. The molecule has 0 atom stereocenters. The summed E-state index contributed by atoms with van der Waals surface area (Å²) in [5.41, 5.74) is 1.11. The van der Waals surface area contributed by atoms with E-state index in [9.17, 15) is 13.6 Å². The molecule has 0 unspecified atom stereocenters. The van der Waals surface area contributed by atoms with Gasteiger partial charge in [0.25, 0.3) is 0 Å². The number of nitrogens with zero attached hydrogens (tertiary/aromatic N) is 1. The lowest BCUT2D eigenvalue weighted by molar-refractivity contribution is 0.0519. The number of benzene rings is 1. The van der Waals surface area contributed by atoms with Crippen molar-refractivity contribution in [2.75, 3.05) is 11.9 Å². The number of pyridine rings is 1. The molecule has 1 aromatic carbocycles. The van der Waals surface area contributed by atoms with Crippen LogP contribution in [0.15, 0.2) is 36.5 Å². The molecule has 104 valence electrons. The fraction of sp³-hybridized carbons (Fsp3) is 0.143. The number of carbonyl (C=O) groups excluding carboxylic acids is 1.